The molecule has 4 heteroatoms. The van der Waals surface area contributed by atoms with Crippen molar-refractivity contribution in [2.45, 2.75) is 33.6 Å². The van der Waals surface area contributed by atoms with Gasteiger partial charge in [-0.2, -0.15) is 0 Å². The van der Waals surface area contributed by atoms with E-state index >= 15 is 0 Å². The molecule has 0 aromatic carbocycles. The number of aromatic nitrogens is 1. The van der Waals surface area contributed by atoms with Crippen LogP contribution in [0.5, 0.6) is 0 Å². The fourth-order valence-electron chi connectivity index (χ4n) is 2.77. The maximum Gasteiger partial charge on any atom is 0.263 e. The molecule has 0 saturated carbocycles. The molecule has 2 rings (SSSR count). The predicted molar refractivity (Wildman–Crippen MR) is 75.5 cm³/mol. The molecule has 1 aromatic heterocycles. The zero-order valence-corrected chi connectivity index (χ0v) is 12.2. The van der Waals surface area contributed by atoms with Crippen molar-refractivity contribution in [2.75, 3.05) is 13.1 Å². The van der Waals surface area contributed by atoms with E-state index in [2.05, 4.69) is 6.92 Å². The highest BCUT2D eigenvalue weighted by molar-refractivity contribution is 5.95. The van der Waals surface area contributed by atoms with Crippen molar-refractivity contribution in [3.8, 4) is 0 Å². The summed E-state index contributed by atoms with van der Waals surface area (Å²) < 4.78 is 1.55. The Hall–Kier alpha value is -1.58. The third kappa shape index (κ3) is 2.57. The van der Waals surface area contributed by atoms with Gasteiger partial charge in [-0.25, -0.2) is 0 Å². The summed E-state index contributed by atoms with van der Waals surface area (Å²) >= 11 is 0. The Kier molecular flexibility index (Phi) is 3.78. The number of hydrogen-bond acceptors (Lipinski definition) is 2. The molecule has 1 aliphatic heterocycles. The lowest BCUT2D eigenvalue weighted by atomic mass is 9.99. The van der Waals surface area contributed by atoms with Crippen LogP contribution in [0.1, 0.15) is 41.4 Å². The number of rotatable bonds is 1. The zero-order valence-electron chi connectivity index (χ0n) is 12.2. The van der Waals surface area contributed by atoms with E-state index in [1.54, 1.807) is 11.6 Å². The minimum atomic E-state index is -0.180. The van der Waals surface area contributed by atoms with Crippen LogP contribution in [0.3, 0.4) is 0 Å². The maximum absolute atomic E-state index is 12.6. The molecule has 1 saturated heterocycles. The highest BCUT2D eigenvalue weighted by Gasteiger charge is 2.25. The second-order valence-electron chi connectivity index (χ2n) is 5.71. The molecule has 4 nitrogen and oxygen atoms in total. The molecule has 0 N–H and O–H groups in total. The SMILES string of the molecule is Cc1cc(C)n(C)c(=O)c1C(=O)N1CCCC(C)C1. The Morgan fingerprint density at radius 3 is 2.68 bits per heavy atom. The molecule has 0 bridgehead atoms. The Labute approximate surface area is 114 Å². The molecular formula is C15H22N2O2. The maximum atomic E-state index is 12.6. The number of likely N-dealkylation sites (tertiary alicyclic amines) is 1. The molecule has 2 heterocycles. The molecule has 1 fully saturated rings. The highest BCUT2D eigenvalue weighted by atomic mass is 16.2. The van der Waals surface area contributed by atoms with E-state index in [9.17, 15) is 9.59 Å². The number of carbonyl (C=O) groups excluding carboxylic acids is 1. The van der Waals surface area contributed by atoms with Gasteiger partial charge < -0.3 is 9.47 Å². The van der Waals surface area contributed by atoms with Crippen LogP contribution in [0.2, 0.25) is 0 Å². The molecule has 1 aromatic rings. The van der Waals surface area contributed by atoms with Crippen molar-refractivity contribution in [1.29, 1.82) is 0 Å². The van der Waals surface area contributed by atoms with Crippen molar-refractivity contribution < 1.29 is 4.79 Å². The van der Waals surface area contributed by atoms with Gasteiger partial charge in [-0.15, -0.1) is 0 Å². The van der Waals surface area contributed by atoms with Gasteiger partial charge in [0.25, 0.3) is 11.5 Å². The summed E-state index contributed by atoms with van der Waals surface area (Å²) in [6, 6.07) is 1.90. The fourth-order valence-corrected chi connectivity index (χ4v) is 2.77. The lowest BCUT2D eigenvalue weighted by molar-refractivity contribution is 0.0680. The summed E-state index contributed by atoms with van der Waals surface area (Å²) in [7, 11) is 1.71. The number of pyridine rings is 1. The predicted octanol–water partition coefficient (Wildman–Crippen LogP) is 1.87. The van der Waals surface area contributed by atoms with E-state index in [1.165, 1.54) is 0 Å². The first-order valence-corrected chi connectivity index (χ1v) is 6.88. The normalized spacial score (nSPS) is 19.6. The van der Waals surface area contributed by atoms with Gasteiger partial charge in [0.1, 0.15) is 5.56 Å². The lowest BCUT2D eigenvalue weighted by Gasteiger charge is -2.31. The summed E-state index contributed by atoms with van der Waals surface area (Å²) in [5.41, 5.74) is 1.82. The van der Waals surface area contributed by atoms with Gasteiger partial charge in [-0.1, -0.05) is 6.92 Å². The molecular weight excluding hydrogens is 240 g/mol. The fraction of sp³-hybridized carbons (Fsp3) is 0.600. The van der Waals surface area contributed by atoms with E-state index in [-0.39, 0.29) is 11.5 Å². The summed E-state index contributed by atoms with van der Waals surface area (Å²) in [4.78, 5) is 26.7. The molecule has 0 radical (unpaired) electrons. The van der Waals surface area contributed by atoms with Crippen LogP contribution in [0.15, 0.2) is 10.9 Å². The summed E-state index contributed by atoms with van der Waals surface area (Å²) in [6.45, 7) is 7.40. The standard InChI is InChI=1S/C15H22N2O2/c1-10-6-5-7-17(9-10)15(19)13-11(2)8-12(3)16(4)14(13)18/h8,10H,5-7,9H2,1-4H3. The van der Waals surface area contributed by atoms with Crippen LogP contribution in [-0.4, -0.2) is 28.5 Å². The van der Waals surface area contributed by atoms with Gasteiger partial charge >= 0.3 is 0 Å². The van der Waals surface area contributed by atoms with Gasteiger partial charge in [0, 0.05) is 25.8 Å². The van der Waals surface area contributed by atoms with Gasteiger partial charge in [-0.05, 0) is 44.2 Å². The number of carbonyl (C=O) groups is 1. The van der Waals surface area contributed by atoms with Crippen molar-refractivity contribution in [1.82, 2.24) is 9.47 Å². The average molecular weight is 262 g/mol. The quantitative estimate of drug-likeness (QED) is 0.775. The monoisotopic (exact) mass is 262 g/mol. The highest BCUT2D eigenvalue weighted by Crippen LogP contribution is 2.18. The number of hydrogen-bond donors (Lipinski definition) is 0. The second-order valence-corrected chi connectivity index (χ2v) is 5.71. The van der Waals surface area contributed by atoms with Crippen molar-refractivity contribution >= 4 is 5.91 Å². The van der Waals surface area contributed by atoms with Crippen molar-refractivity contribution in [2.24, 2.45) is 13.0 Å². The van der Waals surface area contributed by atoms with Crippen LogP contribution in [0.25, 0.3) is 0 Å². The van der Waals surface area contributed by atoms with E-state index in [1.807, 2.05) is 24.8 Å². The van der Waals surface area contributed by atoms with Gasteiger partial charge in [-0.3, -0.25) is 9.59 Å². The van der Waals surface area contributed by atoms with E-state index in [0.29, 0.717) is 11.5 Å². The van der Waals surface area contributed by atoms with E-state index in [0.717, 1.165) is 37.2 Å². The topological polar surface area (TPSA) is 42.3 Å². The Bertz CT molecular complexity index is 560. The summed E-state index contributed by atoms with van der Waals surface area (Å²) in [5, 5.41) is 0. The zero-order chi connectivity index (χ0) is 14.2. The first kappa shape index (κ1) is 13.8. The number of aryl methyl sites for hydroxylation is 2. The second kappa shape index (κ2) is 5.19. The van der Waals surface area contributed by atoms with Gasteiger partial charge in [0.2, 0.25) is 0 Å². The number of nitrogens with zero attached hydrogens (tertiary/aromatic N) is 2. The molecule has 104 valence electrons. The number of piperidine rings is 1. The van der Waals surface area contributed by atoms with Crippen LogP contribution < -0.4 is 5.56 Å². The molecule has 1 unspecified atom stereocenters. The third-order valence-corrected chi connectivity index (χ3v) is 4.03. The van der Waals surface area contributed by atoms with Crippen LogP contribution in [0, 0.1) is 19.8 Å². The first-order chi connectivity index (χ1) is 8.91. The minimum absolute atomic E-state index is 0.107. The molecule has 0 spiro atoms. The molecule has 1 atom stereocenters. The van der Waals surface area contributed by atoms with Gasteiger partial charge in [0.05, 0.1) is 0 Å². The lowest BCUT2D eigenvalue weighted by Crippen LogP contribution is -2.42. The third-order valence-electron chi connectivity index (χ3n) is 4.03. The molecule has 1 aliphatic rings. The van der Waals surface area contributed by atoms with Crippen LogP contribution in [0.4, 0.5) is 0 Å². The Balaban J connectivity index is 2.39. The summed E-state index contributed by atoms with van der Waals surface area (Å²) in [5.74, 6) is 0.414. The molecule has 0 aliphatic carbocycles. The Morgan fingerprint density at radius 2 is 2.05 bits per heavy atom. The van der Waals surface area contributed by atoms with E-state index in [4.69, 9.17) is 0 Å². The van der Waals surface area contributed by atoms with Crippen LogP contribution >= 0.6 is 0 Å². The van der Waals surface area contributed by atoms with Crippen molar-refractivity contribution in [3.05, 3.63) is 33.2 Å². The van der Waals surface area contributed by atoms with Gasteiger partial charge in [0.15, 0.2) is 0 Å². The van der Waals surface area contributed by atoms with Crippen molar-refractivity contribution in [3.63, 3.8) is 0 Å². The minimum Gasteiger partial charge on any atom is -0.338 e. The molecule has 1 amide bonds. The largest absolute Gasteiger partial charge is 0.338 e. The smallest absolute Gasteiger partial charge is 0.263 e. The van der Waals surface area contributed by atoms with E-state index < -0.39 is 0 Å². The number of amides is 1. The Morgan fingerprint density at radius 1 is 1.37 bits per heavy atom. The summed E-state index contributed by atoms with van der Waals surface area (Å²) in [6.07, 6.45) is 2.19. The average Bonchev–Trinajstić information content (AvgIpc) is 2.36. The van der Waals surface area contributed by atoms with Crippen LogP contribution in [-0.2, 0) is 7.05 Å². The first-order valence-electron chi connectivity index (χ1n) is 6.88. The molecule has 19 heavy (non-hydrogen) atoms.